The van der Waals surface area contributed by atoms with Crippen LogP contribution in [0.4, 0.5) is 18.9 Å². The van der Waals surface area contributed by atoms with E-state index in [1.54, 1.807) is 37.3 Å². The molecule has 0 radical (unpaired) electrons. The van der Waals surface area contributed by atoms with Gasteiger partial charge in [0.25, 0.3) is 0 Å². The summed E-state index contributed by atoms with van der Waals surface area (Å²) in [4.78, 5) is 12.9. The first kappa shape index (κ1) is 19.3. The minimum Gasteiger partial charge on any atom is -0.325 e. The number of halogens is 3. The number of benzene rings is 2. The van der Waals surface area contributed by atoms with Gasteiger partial charge in [0.2, 0.25) is 5.91 Å². The molecule has 134 valence electrons. The van der Waals surface area contributed by atoms with Crippen LogP contribution in [0.5, 0.6) is 0 Å². The summed E-state index contributed by atoms with van der Waals surface area (Å²) in [6.45, 7) is 1.36. The molecule has 0 saturated carbocycles. The second-order valence-electron chi connectivity index (χ2n) is 5.55. The van der Waals surface area contributed by atoms with Gasteiger partial charge < -0.3 is 5.32 Å². The van der Waals surface area contributed by atoms with E-state index >= 15 is 0 Å². The van der Waals surface area contributed by atoms with Crippen molar-refractivity contribution in [3.8, 4) is 0 Å². The Morgan fingerprint density at radius 1 is 1.16 bits per heavy atom. The Hall–Kier alpha value is -1.99. The molecule has 2 rings (SSSR count). The highest BCUT2D eigenvalue weighted by atomic mass is 32.2. The molecule has 0 aliphatic rings. The maximum Gasteiger partial charge on any atom is 0.407 e. The molecule has 0 fully saturated rings. The van der Waals surface area contributed by atoms with Gasteiger partial charge in [-0.05, 0) is 36.9 Å². The Kier molecular flexibility index (Phi) is 6.50. The number of aryl methyl sites for hydroxylation is 1. The molecule has 0 aliphatic heterocycles. The van der Waals surface area contributed by atoms with Crippen LogP contribution in [0.1, 0.15) is 17.2 Å². The van der Waals surface area contributed by atoms with E-state index in [0.29, 0.717) is 5.69 Å². The minimum absolute atomic E-state index is 0.0790. The molecule has 0 heterocycles. The Morgan fingerprint density at radius 2 is 1.84 bits per heavy atom. The molecule has 2 aromatic carbocycles. The molecule has 0 aliphatic carbocycles. The van der Waals surface area contributed by atoms with Gasteiger partial charge in [0.05, 0.1) is 6.54 Å². The predicted molar refractivity (Wildman–Crippen MR) is 94.8 cm³/mol. The number of alkyl halides is 3. The number of hydrogen-bond donors (Lipinski definition) is 2. The van der Waals surface area contributed by atoms with Crippen molar-refractivity contribution in [2.75, 3.05) is 18.1 Å². The minimum atomic E-state index is -4.49. The molecule has 7 heteroatoms. The van der Waals surface area contributed by atoms with Crippen LogP contribution < -0.4 is 10.6 Å². The molecule has 25 heavy (non-hydrogen) atoms. The van der Waals surface area contributed by atoms with Crippen molar-refractivity contribution < 1.29 is 18.0 Å². The van der Waals surface area contributed by atoms with Crippen LogP contribution >= 0.6 is 11.8 Å². The van der Waals surface area contributed by atoms with Gasteiger partial charge in [-0.3, -0.25) is 10.1 Å². The average Bonchev–Trinajstić information content (AvgIpc) is 2.55. The van der Waals surface area contributed by atoms with E-state index in [1.165, 1.54) is 23.9 Å². The Labute approximate surface area is 149 Å². The quantitative estimate of drug-likeness (QED) is 0.735. The third kappa shape index (κ3) is 5.79. The molecule has 0 aromatic heterocycles. The van der Waals surface area contributed by atoms with Gasteiger partial charge in [0.1, 0.15) is 6.04 Å². The van der Waals surface area contributed by atoms with Crippen molar-refractivity contribution >= 4 is 23.4 Å². The van der Waals surface area contributed by atoms with Crippen molar-refractivity contribution in [2.45, 2.75) is 24.0 Å². The van der Waals surface area contributed by atoms with Crippen LogP contribution in [0.2, 0.25) is 0 Å². The number of hydrogen-bond acceptors (Lipinski definition) is 3. The summed E-state index contributed by atoms with van der Waals surface area (Å²) in [5.41, 5.74) is 1.50. The zero-order valence-electron chi connectivity index (χ0n) is 13.9. The van der Waals surface area contributed by atoms with Crippen LogP contribution in [0.25, 0.3) is 0 Å². The Bertz CT molecular complexity index is 717. The van der Waals surface area contributed by atoms with Crippen molar-refractivity contribution in [2.24, 2.45) is 0 Å². The van der Waals surface area contributed by atoms with E-state index in [2.05, 4.69) is 10.6 Å². The Morgan fingerprint density at radius 3 is 2.44 bits per heavy atom. The van der Waals surface area contributed by atoms with Gasteiger partial charge in [-0.2, -0.15) is 13.2 Å². The van der Waals surface area contributed by atoms with E-state index in [9.17, 15) is 18.0 Å². The van der Waals surface area contributed by atoms with Crippen molar-refractivity contribution in [3.05, 3.63) is 59.7 Å². The maximum atomic E-state index is 13.3. The standard InChI is InChI=1S/C18H19F3N2OS/c1-12-6-8-13(9-7-12)17(18(19,20)21)22-11-16(24)23-14-4-3-5-15(10-14)25-2/h3-10,17,22H,11H2,1-2H3,(H,23,24)/t17-/m0/s1. The van der Waals surface area contributed by atoms with Crippen LogP contribution in [0.15, 0.2) is 53.4 Å². The van der Waals surface area contributed by atoms with Crippen LogP contribution in [-0.2, 0) is 4.79 Å². The van der Waals surface area contributed by atoms with Gasteiger partial charge in [0.15, 0.2) is 0 Å². The Balaban J connectivity index is 2.02. The highest BCUT2D eigenvalue weighted by Crippen LogP contribution is 2.32. The molecule has 2 aromatic rings. The lowest BCUT2D eigenvalue weighted by atomic mass is 10.0. The summed E-state index contributed by atoms with van der Waals surface area (Å²) in [6, 6.07) is 11.3. The maximum absolute atomic E-state index is 13.3. The summed E-state index contributed by atoms with van der Waals surface area (Å²) in [5.74, 6) is -0.528. The van der Waals surface area contributed by atoms with Gasteiger partial charge in [-0.15, -0.1) is 11.8 Å². The fourth-order valence-electron chi connectivity index (χ4n) is 2.28. The van der Waals surface area contributed by atoms with E-state index in [1.807, 2.05) is 12.3 Å². The number of amides is 1. The van der Waals surface area contributed by atoms with Gasteiger partial charge in [-0.1, -0.05) is 35.9 Å². The zero-order chi connectivity index (χ0) is 18.4. The van der Waals surface area contributed by atoms with Crippen LogP contribution in [0.3, 0.4) is 0 Å². The molecule has 0 unspecified atom stereocenters. The van der Waals surface area contributed by atoms with E-state index in [-0.39, 0.29) is 5.56 Å². The van der Waals surface area contributed by atoms with E-state index in [0.717, 1.165) is 10.5 Å². The number of carbonyl (C=O) groups is 1. The summed E-state index contributed by atoms with van der Waals surface area (Å²) in [6.07, 6.45) is -2.59. The highest BCUT2D eigenvalue weighted by Gasteiger charge is 2.40. The summed E-state index contributed by atoms with van der Waals surface area (Å²) >= 11 is 1.51. The SMILES string of the molecule is CSc1cccc(NC(=O)CN[C@@H](c2ccc(C)cc2)C(F)(F)F)c1. The van der Waals surface area contributed by atoms with Crippen molar-refractivity contribution in [1.29, 1.82) is 0 Å². The largest absolute Gasteiger partial charge is 0.407 e. The van der Waals surface area contributed by atoms with Crippen LogP contribution in [0, 0.1) is 6.92 Å². The number of rotatable bonds is 6. The third-order valence-corrected chi connectivity index (χ3v) is 4.28. The smallest absolute Gasteiger partial charge is 0.325 e. The lowest BCUT2D eigenvalue weighted by molar-refractivity contribution is -0.158. The van der Waals surface area contributed by atoms with Gasteiger partial charge in [0, 0.05) is 10.6 Å². The molecule has 0 saturated heterocycles. The normalized spacial score (nSPS) is 12.7. The molecule has 1 atom stereocenters. The molecule has 2 N–H and O–H groups in total. The first-order valence-electron chi connectivity index (χ1n) is 7.60. The topological polar surface area (TPSA) is 41.1 Å². The van der Waals surface area contributed by atoms with Crippen LogP contribution in [-0.4, -0.2) is 24.9 Å². The predicted octanol–water partition coefficient (Wildman–Crippen LogP) is 4.55. The number of carbonyl (C=O) groups excluding carboxylic acids is 1. The summed E-state index contributed by atoms with van der Waals surface area (Å²) < 4.78 is 39.9. The van der Waals surface area contributed by atoms with E-state index in [4.69, 9.17) is 0 Å². The van der Waals surface area contributed by atoms with E-state index < -0.39 is 24.7 Å². The molecule has 0 bridgehead atoms. The molecule has 1 amide bonds. The second-order valence-corrected chi connectivity index (χ2v) is 6.43. The first-order valence-corrected chi connectivity index (χ1v) is 8.82. The average molecular weight is 368 g/mol. The monoisotopic (exact) mass is 368 g/mol. The first-order chi connectivity index (χ1) is 11.8. The molecular formula is C18H19F3N2OS. The molecular weight excluding hydrogens is 349 g/mol. The summed E-state index contributed by atoms with van der Waals surface area (Å²) in [5, 5.41) is 4.90. The van der Waals surface area contributed by atoms with Gasteiger partial charge in [-0.25, -0.2) is 0 Å². The highest BCUT2D eigenvalue weighted by molar-refractivity contribution is 7.98. The van der Waals surface area contributed by atoms with Crippen molar-refractivity contribution in [1.82, 2.24) is 5.32 Å². The van der Waals surface area contributed by atoms with Crippen molar-refractivity contribution in [3.63, 3.8) is 0 Å². The zero-order valence-corrected chi connectivity index (χ0v) is 14.7. The number of thioether (sulfide) groups is 1. The fraction of sp³-hybridized carbons (Fsp3) is 0.278. The fourth-order valence-corrected chi connectivity index (χ4v) is 2.74. The second kappa shape index (κ2) is 8.40. The molecule has 0 spiro atoms. The third-order valence-electron chi connectivity index (χ3n) is 3.56. The van der Waals surface area contributed by atoms with Gasteiger partial charge >= 0.3 is 6.18 Å². The molecule has 3 nitrogen and oxygen atoms in total. The lowest BCUT2D eigenvalue weighted by Gasteiger charge is -2.22. The number of nitrogens with one attached hydrogen (secondary N) is 2. The summed E-state index contributed by atoms with van der Waals surface area (Å²) in [7, 11) is 0. The lowest BCUT2D eigenvalue weighted by Crippen LogP contribution is -2.38. The number of anilines is 1.